The number of amides is 1. The molecular weight excluding hydrogens is 305 g/mol. The molecule has 0 N–H and O–H groups in total. The van der Waals surface area contributed by atoms with E-state index in [9.17, 15) is 9.18 Å². The maximum atomic E-state index is 13.1. The smallest absolute Gasteiger partial charge is 0.254 e. The van der Waals surface area contributed by atoms with Crippen molar-refractivity contribution in [2.45, 2.75) is 6.04 Å². The molecule has 0 spiro atoms. The molecule has 1 aliphatic rings. The van der Waals surface area contributed by atoms with Gasteiger partial charge in [-0.2, -0.15) is 0 Å². The molecule has 1 atom stereocenters. The number of carbonyl (C=O) groups is 1. The zero-order valence-electron chi connectivity index (χ0n) is 11.8. The Labute approximate surface area is 133 Å². The van der Waals surface area contributed by atoms with E-state index in [1.54, 1.807) is 41.3 Å². The van der Waals surface area contributed by atoms with Gasteiger partial charge in [-0.15, -0.1) is 0 Å². The standard InChI is InChI=1S/C17H15ClFNO2/c18-14-3-1-2-13(10-14)17(21)20-8-9-22-11-16(20)12-4-6-15(19)7-5-12/h1-7,10,16H,8-9,11H2. The van der Waals surface area contributed by atoms with Crippen LogP contribution in [0.15, 0.2) is 48.5 Å². The zero-order valence-corrected chi connectivity index (χ0v) is 12.6. The average Bonchev–Trinajstić information content (AvgIpc) is 2.55. The van der Waals surface area contributed by atoms with E-state index in [0.717, 1.165) is 5.56 Å². The molecule has 1 heterocycles. The van der Waals surface area contributed by atoms with Crippen molar-refractivity contribution in [3.8, 4) is 0 Å². The zero-order chi connectivity index (χ0) is 15.5. The summed E-state index contributed by atoms with van der Waals surface area (Å²) in [5.41, 5.74) is 1.40. The summed E-state index contributed by atoms with van der Waals surface area (Å²) >= 11 is 5.96. The van der Waals surface area contributed by atoms with Crippen LogP contribution >= 0.6 is 11.6 Å². The van der Waals surface area contributed by atoms with Gasteiger partial charge < -0.3 is 9.64 Å². The van der Waals surface area contributed by atoms with Gasteiger partial charge in [0.2, 0.25) is 0 Å². The van der Waals surface area contributed by atoms with Crippen molar-refractivity contribution >= 4 is 17.5 Å². The summed E-state index contributed by atoms with van der Waals surface area (Å²) in [4.78, 5) is 14.5. The third kappa shape index (κ3) is 3.13. The van der Waals surface area contributed by atoms with Crippen LogP contribution in [0.25, 0.3) is 0 Å². The van der Waals surface area contributed by atoms with Crippen molar-refractivity contribution in [2.75, 3.05) is 19.8 Å². The van der Waals surface area contributed by atoms with Gasteiger partial charge >= 0.3 is 0 Å². The number of hydrogen-bond acceptors (Lipinski definition) is 2. The van der Waals surface area contributed by atoms with Gasteiger partial charge in [-0.3, -0.25) is 4.79 Å². The molecule has 0 aromatic heterocycles. The Morgan fingerprint density at radius 3 is 2.73 bits per heavy atom. The molecular formula is C17H15ClFNO2. The fourth-order valence-electron chi connectivity index (χ4n) is 2.60. The molecule has 1 aliphatic heterocycles. The molecule has 3 rings (SSSR count). The molecule has 1 amide bonds. The van der Waals surface area contributed by atoms with Gasteiger partial charge in [0.15, 0.2) is 0 Å². The Hall–Kier alpha value is -1.91. The minimum atomic E-state index is -0.298. The number of ether oxygens (including phenoxy) is 1. The van der Waals surface area contributed by atoms with E-state index in [2.05, 4.69) is 0 Å². The maximum absolute atomic E-state index is 13.1. The van der Waals surface area contributed by atoms with Gasteiger partial charge in [0.1, 0.15) is 5.82 Å². The molecule has 1 fully saturated rings. The lowest BCUT2D eigenvalue weighted by Gasteiger charge is -2.36. The summed E-state index contributed by atoms with van der Waals surface area (Å²) < 4.78 is 18.6. The summed E-state index contributed by atoms with van der Waals surface area (Å²) in [6, 6.07) is 12.8. The van der Waals surface area contributed by atoms with Gasteiger partial charge in [0.05, 0.1) is 19.3 Å². The van der Waals surface area contributed by atoms with Crippen LogP contribution in [0.2, 0.25) is 5.02 Å². The largest absolute Gasteiger partial charge is 0.377 e. The number of morpholine rings is 1. The van der Waals surface area contributed by atoms with Crippen LogP contribution in [-0.2, 0) is 4.74 Å². The highest BCUT2D eigenvalue weighted by molar-refractivity contribution is 6.30. The molecule has 0 saturated carbocycles. The first-order valence-electron chi connectivity index (χ1n) is 7.05. The predicted molar refractivity (Wildman–Crippen MR) is 82.4 cm³/mol. The Morgan fingerprint density at radius 2 is 2.00 bits per heavy atom. The van der Waals surface area contributed by atoms with Gasteiger partial charge in [0.25, 0.3) is 5.91 Å². The van der Waals surface area contributed by atoms with Gasteiger partial charge in [-0.05, 0) is 35.9 Å². The van der Waals surface area contributed by atoms with Gasteiger partial charge in [-0.1, -0.05) is 29.8 Å². The van der Waals surface area contributed by atoms with E-state index in [-0.39, 0.29) is 17.8 Å². The summed E-state index contributed by atoms with van der Waals surface area (Å²) in [6.07, 6.45) is 0. The Kier molecular flexibility index (Phi) is 4.41. The first-order valence-corrected chi connectivity index (χ1v) is 7.43. The molecule has 1 saturated heterocycles. The monoisotopic (exact) mass is 319 g/mol. The summed E-state index contributed by atoms with van der Waals surface area (Å²) in [6.45, 7) is 1.38. The second-order valence-electron chi connectivity index (χ2n) is 5.15. The van der Waals surface area contributed by atoms with Crippen LogP contribution in [0.3, 0.4) is 0 Å². The lowest BCUT2D eigenvalue weighted by Crippen LogP contribution is -2.43. The molecule has 0 bridgehead atoms. The van der Waals surface area contributed by atoms with Gasteiger partial charge in [-0.25, -0.2) is 4.39 Å². The van der Waals surface area contributed by atoms with Crippen molar-refractivity contribution < 1.29 is 13.9 Å². The first kappa shape index (κ1) is 15.0. The van der Waals surface area contributed by atoms with Crippen molar-refractivity contribution in [1.82, 2.24) is 4.90 Å². The fourth-order valence-corrected chi connectivity index (χ4v) is 2.79. The minimum Gasteiger partial charge on any atom is -0.377 e. The third-order valence-corrected chi connectivity index (χ3v) is 3.95. The fraction of sp³-hybridized carbons (Fsp3) is 0.235. The highest BCUT2D eigenvalue weighted by Gasteiger charge is 2.29. The molecule has 22 heavy (non-hydrogen) atoms. The van der Waals surface area contributed by atoms with Crippen LogP contribution in [0.1, 0.15) is 22.0 Å². The highest BCUT2D eigenvalue weighted by Crippen LogP contribution is 2.26. The topological polar surface area (TPSA) is 29.5 Å². The average molecular weight is 320 g/mol. The quantitative estimate of drug-likeness (QED) is 0.845. The number of halogens is 2. The SMILES string of the molecule is O=C(c1cccc(Cl)c1)N1CCOCC1c1ccc(F)cc1. The van der Waals surface area contributed by atoms with Crippen molar-refractivity contribution in [3.05, 3.63) is 70.5 Å². The van der Waals surface area contributed by atoms with E-state index in [4.69, 9.17) is 16.3 Å². The number of benzene rings is 2. The summed E-state index contributed by atoms with van der Waals surface area (Å²) in [5.74, 6) is -0.395. The molecule has 1 unspecified atom stereocenters. The molecule has 114 valence electrons. The van der Waals surface area contributed by atoms with Crippen LogP contribution in [0, 0.1) is 5.82 Å². The van der Waals surface area contributed by atoms with Crippen molar-refractivity contribution in [1.29, 1.82) is 0 Å². The number of hydrogen-bond donors (Lipinski definition) is 0. The molecule has 0 aliphatic carbocycles. The highest BCUT2D eigenvalue weighted by atomic mass is 35.5. The van der Waals surface area contributed by atoms with Crippen molar-refractivity contribution in [2.24, 2.45) is 0 Å². The lowest BCUT2D eigenvalue weighted by molar-refractivity contribution is -0.00271. The van der Waals surface area contributed by atoms with Crippen LogP contribution < -0.4 is 0 Å². The molecule has 2 aromatic rings. The Morgan fingerprint density at radius 1 is 1.23 bits per heavy atom. The van der Waals surface area contributed by atoms with Crippen LogP contribution in [0.5, 0.6) is 0 Å². The summed E-state index contributed by atoms with van der Waals surface area (Å²) in [7, 11) is 0. The predicted octanol–water partition coefficient (Wildman–Crippen LogP) is 3.69. The Bertz CT molecular complexity index is 675. The van der Waals surface area contributed by atoms with Gasteiger partial charge in [0, 0.05) is 17.1 Å². The molecule has 2 aromatic carbocycles. The van der Waals surface area contributed by atoms with Crippen LogP contribution in [0.4, 0.5) is 4.39 Å². The minimum absolute atomic E-state index is 0.0971. The third-order valence-electron chi connectivity index (χ3n) is 3.72. The molecule has 0 radical (unpaired) electrons. The molecule has 3 nitrogen and oxygen atoms in total. The maximum Gasteiger partial charge on any atom is 0.254 e. The normalized spacial score (nSPS) is 18.3. The van der Waals surface area contributed by atoms with E-state index in [1.807, 2.05) is 0 Å². The molecule has 5 heteroatoms. The van der Waals surface area contributed by atoms with Crippen molar-refractivity contribution in [3.63, 3.8) is 0 Å². The second-order valence-corrected chi connectivity index (χ2v) is 5.59. The van der Waals surface area contributed by atoms with E-state index >= 15 is 0 Å². The number of rotatable bonds is 2. The summed E-state index contributed by atoms with van der Waals surface area (Å²) in [5, 5.41) is 0.525. The second kappa shape index (κ2) is 6.46. The van der Waals surface area contributed by atoms with Crippen LogP contribution in [-0.4, -0.2) is 30.6 Å². The van der Waals surface area contributed by atoms with E-state index in [0.29, 0.717) is 30.3 Å². The van der Waals surface area contributed by atoms with E-state index < -0.39 is 0 Å². The number of carbonyl (C=O) groups excluding carboxylic acids is 1. The Balaban J connectivity index is 1.89. The number of nitrogens with zero attached hydrogens (tertiary/aromatic N) is 1. The first-order chi connectivity index (χ1) is 10.6. The van der Waals surface area contributed by atoms with E-state index in [1.165, 1.54) is 12.1 Å². The lowest BCUT2D eigenvalue weighted by atomic mass is 10.0.